The van der Waals surface area contributed by atoms with Crippen molar-refractivity contribution in [3.63, 3.8) is 0 Å². The summed E-state index contributed by atoms with van der Waals surface area (Å²) in [6.07, 6.45) is 6.04. The van der Waals surface area contributed by atoms with E-state index in [1.807, 2.05) is 6.08 Å². The summed E-state index contributed by atoms with van der Waals surface area (Å²) in [5.74, 6) is 0.244. The lowest BCUT2D eigenvalue weighted by atomic mass is 9.42. The van der Waals surface area contributed by atoms with Crippen LogP contribution in [0.25, 0.3) is 0 Å². The molecule has 6 nitrogen and oxygen atoms in total. The highest BCUT2D eigenvalue weighted by Gasteiger charge is 2.66. The van der Waals surface area contributed by atoms with Gasteiger partial charge in [-0.2, -0.15) is 0 Å². The molecule has 0 aromatic carbocycles. The van der Waals surface area contributed by atoms with Gasteiger partial charge in [0.05, 0.1) is 31.5 Å². The second kappa shape index (κ2) is 8.35. The van der Waals surface area contributed by atoms with Gasteiger partial charge in [-0.05, 0) is 91.4 Å². The van der Waals surface area contributed by atoms with E-state index in [1.54, 1.807) is 6.92 Å². The molecule has 0 aliphatic heterocycles. The molecule has 0 saturated heterocycles. The Morgan fingerprint density at radius 2 is 1.50 bits per heavy atom. The van der Waals surface area contributed by atoms with Crippen molar-refractivity contribution in [3.05, 3.63) is 11.6 Å². The number of hydrogen-bond donors (Lipinski definition) is 5. The van der Waals surface area contributed by atoms with Crippen LogP contribution in [0, 0.1) is 50.7 Å². The van der Waals surface area contributed by atoms with Gasteiger partial charge in [-0.25, -0.2) is 0 Å². The average Bonchev–Trinajstić information content (AvgIpc) is 2.97. The van der Waals surface area contributed by atoms with Gasteiger partial charge in [0.1, 0.15) is 0 Å². The fourth-order valence-corrected chi connectivity index (χ4v) is 11.1. The Morgan fingerprint density at radius 1 is 0.833 bits per heavy atom. The maximum Gasteiger partial charge on any atom is 0.160 e. The third-order valence-corrected chi connectivity index (χ3v) is 12.8. The van der Waals surface area contributed by atoms with E-state index in [0.717, 1.165) is 38.5 Å². The molecule has 4 fully saturated rings. The first-order valence-corrected chi connectivity index (χ1v) is 14.2. The number of carbonyl (C=O) groups is 1. The summed E-state index contributed by atoms with van der Waals surface area (Å²) in [6.45, 7) is 10.4. The van der Waals surface area contributed by atoms with E-state index in [1.165, 1.54) is 5.57 Å². The first kappa shape index (κ1) is 26.8. The van der Waals surface area contributed by atoms with E-state index < -0.39 is 40.5 Å². The molecule has 0 unspecified atom stereocenters. The predicted octanol–water partition coefficient (Wildman–Crippen LogP) is 3.23. The SMILES string of the molecule is C[C@@]12CC[C@@H]3[C@](C)(CC[C@@H](O)[C@]3(C)CO)[C@H]1CC[C@H]1C(=CC(=O)[C@@H]3[C@]1(C)C[C@@H](O)[C@@H](O)[C@]3(C)CO)C2. The van der Waals surface area contributed by atoms with Crippen LogP contribution in [-0.4, -0.2) is 62.8 Å². The van der Waals surface area contributed by atoms with E-state index in [0.29, 0.717) is 18.8 Å². The minimum Gasteiger partial charge on any atom is -0.396 e. The van der Waals surface area contributed by atoms with Crippen LogP contribution in [0.15, 0.2) is 11.6 Å². The fraction of sp³-hybridized carbons (Fsp3) is 0.900. The van der Waals surface area contributed by atoms with Gasteiger partial charge < -0.3 is 25.5 Å². The molecule has 0 heterocycles. The molecule has 6 heteroatoms. The average molecular weight is 505 g/mol. The summed E-state index contributed by atoms with van der Waals surface area (Å²) >= 11 is 0. The van der Waals surface area contributed by atoms with Crippen LogP contribution in [-0.2, 0) is 4.79 Å². The number of fused-ring (bicyclic) bond motifs is 6. The van der Waals surface area contributed by atoms with Gasteiger partial charge >= 0.3 is 0 Å². The molecular formula is C30H48O6. The maximum atomic E-state index is 13.7. The summed E-state index contributed by atoms with van der Waals surface area (Å²) in [5.41, 5.74) is -0.870. The third kappa shape index (κ3) is 3.30. The summed E-state index contributed by atoms with van der Waals surface area (Å²) in [5, 5.41) is 53.4. The zero-order valence-corrected chi connectivity index (χ0v) is 22.8. The molecule has 12 atom stereocenters. The summed E-state index contributed by atoms with van der Waals surface area (Å²) < 4.78 is 0. The fourth-order valence-electron chi connectivity index (χ4n) is 11.1. The Hall–Kier alpha value is -0.790. The van der Waals surface area contributed by atoms with E-state index in [9.17, 15) is 30.3 Å². The third-order valence-electron chi connectivity index (χ3n) is 12.8. The summed E-state index contributed by atoms with van der Waals surface area (Å²) in [6, 6.07) is 0. The van der Waals surface area contributed by atoms with Crippen LogP contribution in [0.5, 0.6) is 0 Å². The first-order valence-electron chi connectivity index (χ1n) is 14.2. The highest BCUT2D eigenvalue weighted by atomic mass is 16.3. The van der Waals surface area contributed by atoms with Crippen molar-refractivity contribution in [1.82, 2.24) is 0 Å². The van der Waals surface area contributed by atoms with Gasteiger partial charge in [0.15, 0.2) is 5.78 Å². The minimum atomic E-state index is -1.13. The maximum absolute atomic E-state index is 13.7. The van der Waals surface area contributed by atoms with Crippen molar-refractivity contribution >= 4 is 5.78 Å². The zero-order chi connectivity index (χ0) is 26.5. The largest absolute Gasteiger partial charge is 0.396 e. The molecule has 0 aromatic heterocycles. The van der Waals surface area contributed by atoms with Crippen molar-refractivity contribution in [3.8, 4) is 0 Å². The van der Waals surface area contributed by atoms with Crippen molar-refractivity contribution < 1.29 is 30.3 Å². The summed E-state index contributed by atoms with van der Waals surface area (Å²) in [7, 11) is 0. The van der Waals surface area contributed by atoms with E-state index in [4.69, 9.17) is 0 Å². The molecule has 0 radical (unpaired) electrons. The van der Waals surface area contributed by atoms with Crippen LogP contribution in [0.1, 0.15) is 86.0 Å². The second-order valence-corrected chi connectivity index (χ2v) is 14.8. The Morgan fingerprint density at radius 3 is 2.14 bits per heavy atom. The Balaban J connectivity index is 1.55. The number of allylic oxidation sites excluding steroid dienone is 2. The minimum absolute atomic E-state index is 0.000153. The molecule has 4 saturated carbocycles. The lowest BCUT2D eigenvalue weighted by Gasteiger charge is -2.64. The predicted molar refractivity (Wildman–Crippen MR) is 137 cm³/mol. The van der Waals surface area contributed by atoms with Crippen molar-refractivity contribution in [2.75, 3.05) is 13.2 Å². The van der Waals surface area contributed by atoms with E-state index in [2.05, 4.69) is 27.7 Å². The van der Waals surface area contributed by atoms with Crippen molar-refractivity contribution in [2.24, 2.45) is 50.7 Å². The standard InChI is InChI=1S/C30H48O6/c1-26-10-8-22-27(2,11-9-23(35)29(22,4)15-31)21(26)7-6-18-17(13-26)12-19(33)24-28(18,3)14-20(34)25(36)30(24,5)16-32/h12,18,20-25,31-32,34-36H,6-11,13-16H2,1-5H3/t18-,20+,21-,22+,23+,24+,25+,26-,27+,28+,29+,30+/m0/s1. The highest BCUT2D eigenvalue weighted by molar-refractivity contribution is 5.95. The van der Waals surface area contributed by atoms with Crippen LogP contribution in [0.4, 0.5) is 0 Å². The molecule has 0 spiro atoms. The molecule has 0 amide bonds. The second-order valence-electron chi connectivity index (χ2n) is 14.8. The number of hydrogen-bond acceptors (Lipinski definition) is 6. The smallest absolute Gasteiger partial charge is 0.160 e. The van der Waals surface area contributed by atoms with Crippen LogP contribution >= 0.6 is 0 Å². The van der Waals surface area contributed by atoms with Gasteiger partial charge in [0.2, 0.25) is 0 Å². The van der Waals surface area contributed by atoms with Gasteiger partial charge in [-0.3, -0.25) is 4.79 Å². The number of aliphatic hydroxyl groups excluding tert-OH is 5. The van der Waals surface area contributed by atoms with Crippen LogP contribution < -0.4 is 0 Å². The van der Waals surface area contributed by atoms with Gasteiger partial charge in [0, 0.05) is 16.7 Å². The summed E-state index contributed by atoms with van der Waals surface area (Å²) in [4.78, 5) is 13.7. The molecule has 36 heavy (non-hydrogen) atoms. The highest BCUT2D eigenvalue weighted by Crippen LogP contribution is 2.70. The van der Waals surface area contributed by atoms with Gasteiger partial charge in [-0.1, -0.05) is 40.2 Å². The van der Waals surface area contributed by atoms with Crippen LogP contribution in [0.2, 0.25) is 0 Å². The molecular weight excluding hydrogens is 456 g/mol. The van der Waals surface area contributed by atoms with Gasteiger partial charge in [0.25, 0.3) is 0 Å². The molecule has 5 aliphatic carbocycles. The topological polar surface area (TPSA) is 118 Å². The zero-order valence-electron chi connectivity index (χ0n) is 22.8. The number of aliphatic hydroxyl groups is 5. The van der Waals surface area contributed by atoms with Crippen LogP contribution in [0.3, 0.4) is 0 Å². The molecule has 5 N–H and O–H groups in total. The number of rotatable bonds is 2. The van der Waals surface area contributed by atoms with Crippen molar-refractivity contribution in [1.29, 1.82) is 0 Å². The Labute approximate surface area is 216 Å². The van der Waals surface area contributed by atoms with E-state index in [-0.39, 0.29) is 41.7 Å². The monoisotopic (exact) mass is 504 g/mol. The van der Waals surface area contributed by atoms with E-state index >= 15 is 0 Å². The van der Waals surface area contributed by atoms with Crippen molar-refractivity contribution in [2.45, 2.75) is 104 Å². The molecule has 204 valence electrons. The number of carbonyl (C=O) groups excluding carboxylic acids is 1. The molecule has 5 rings (SSSR count). The van der Waals surface area contributed by atoms with Gasteiger partial charge in [-0.15, -0.1) is 0 Å². The number of ketones is 1. The first-order chi connectivity index (χ1) is 16.7. The lowest BCUT2D eigenvalue weighted by Crippen LogP contribution is -2.64. The molecule has 0 aromatic rings. The normalized spacial score (nSPS) is 57.0. The lowest BCUT2D eigenvalue weighted by molar-refractivity contribution is -0.196. The quantitative estimate of drug-likeness (QED) is 0.394. The molecule has 0 bridgehead atoms. The Bertz CT molecular complexity index is 948. The molecule has 5 aliphatic rings. The Kier molecular flexibility index (Phi) is 6.22.